The number of morpholine rings is 1. The Hall–Kier alpha value is -1.79. The molecule has 3 atom stereocenters. The maximum absolute atomic E-state index is 13.6. The molecule has 0 spiro atoms. The molecule has 1 amide bonds. The van der Waals surface area contributed by atoms with Crippen LogP contribution in [0.25, 0.3) is 0 Å². The second kappa shape index (κ2) is 10.2. The monoisotopic (exact) mass is 463 g/mol. The van der Waals surface area contributed by atoms with Gasteiger partial charge in [-0.15, -0.1) is 24.8 Å². The van der Waals surface area contributed by atoms with Crippen LogP contribution in [0.15, 0.2) is 48.5 Å². The molecule has 7 heteroatoms. The molecular formula is C24H31Cl2N3O2. The van der Waals surface area contributed by atoms with E-state index in [9.17, 15) is 4.79 Å². The highest BCUT2D eigenvalue weighted by molar-refractivity contribution is 5.95. The molecule has 168 valence electrons. The molecule has 0 aromatic heterocycles. The highest BCUT2D eigenvalue weighted by Gasteiger charge is 2.46. The lowest BCUT2D eigenvalue weighted by Crippen LogP contribution is -2.37. The molecule has 2 aromatic carbocycles. The first-order chi connectivity index (χ1) is 14.2. The van der Waals surface area contributed by atoms with Crippen LogP contribution in [0.3, 0.4) is 0 Å². The van der Waals surface area contributed by atoms with E-state index in [1.165, 1.54) is 11.3 Å². The molecule has 31 heavy (non-hydrogen) atoms. The fourth-order valence-electron chi connectivity index (χ4n) is 5.32. The Morgan fingerprint density at radius 3 is 2.48 bits per heavy atom. The van der Waals surface area contributed by atoms with Crippen molar-refractivity contribution in [1.29, 1.82) is 0 Å². The lowest BCUT2D eigenvalue weighted by Gasteiger charge is -2.31. The van der Waals surface area contributed by atoms with E-state index in [4.69, 9.17) is 4.74 Å². The Morgan fingerprint density at radius 2 is 1.77 bits per heavy atom. The Balaban J connectivity index is 0.00000136. The number of hydrogen-bond acceptors (Lipinski definition) is 4. The summed E-state index contributed by atoms with van der Waals surface area (Å²) in [4.78, 5) is 18.0. The molecule has 3 heterocycles. The van der Waals surface area contributed by atoms with Gasteiger partial charge in [-0.1, -0.05) is 30.3 Å². The summed E-state index contributed by atoms with van der Waals surface area (Å²) < 4.78 is 5.47. The van der Waals surface area contributed by atoms with Crippen molar-refractivity contribution in [1.82, 2.24) is 10.2 Å². The molecule has 5 nitrogen and oxygen atoms in total. The third-order valence-corrected chi connectivity index (χ3v) is 6.76. The number of hydrogen-bond donors (Lipinski definition) is 1. The van der Waals surface area contributed by atoms with Crippen LogP contribution in [-0.2, 0) is 4.74 Å². The first kappa shape index (κ1) is 23.9. The van der Waals surface area contributed by atoms with Crippen molar-refractivity contribution in [3.05, 3.63) is 65.2 Å². The second-order valence-electron chi connectivity index (χ2n) is 8.50. The summed E-state index contributed by atoms with van der Waals surface area (Å²) in [5, 5.41) is 3.52. The predicted octanol–water partition coefficient (Wildman–Crippen LogP) is 3.71. The SMILES string of the molecule is Cc1cc(C(=O)N2C[C@@H]3CNC[C@@H]3[C@H]2c2ccccc2)ccc1N1CCOCC1.Cl.Cl. The standard InChI is InChI=1S/C24H29N3O2.2ClH/c1-17-13-19(7-8-22(17)26-9-11-29-12-10-26)24(28)27-16-20-14-25-15-21(20)23(27)18-5-3-2-4-6-18;;/h2-8,13,20-21,23,25H,9-12,14-16H2,1H3;2*1H/t20-,21-,23+;;/m0../s1. The normalized spacial score (nSPS) is 24.9. The Labute approximate surface area is 197 Å². The van der Waals surface area contributed by atoms with Crippen LogP contribution in [0.4, 0.5) is 5.69 Å². The predicted molar refractivity (Wildman–Crippen MR) is 129 cm³/mol. The minimum absolute atomic E-state index is 0. The van der Waals surface area contributed by atoms with Crippen molar-refractivity contribution < 1.29 is 9.53 Å². The van der Waals surface area contributed by atoms with Crippen molar-refractivity contribution in [2.75, 3.05) is 50.8 Å². The summed E-state index contributed by atoms with van der Waals surface area (Å²) in [6.45, 7) is 8.29. The second-order valence-corrected chi connectivity index (χ2v) is 8.50. The van der Waals surface area contributed by atoms with Gasteiger partial charge in [0.2, 0.25) is 0 Å². The number of carbonyl (C=O) groups excluding carboxylic acids is 1. The summed E-state index contributed by atoms with van der Waals surface area (Å²) in [7, 11) is 0. The number of amides is 1. The largest absolute Gasteiger partial charge is 0.378 e. The van der Waals surface area contributed by atoms with E-state index in [0.29, 0.717) is 11.8 Å². The summed E-state index contributed by atoms with van der Waals surface area (Å²) in [6.07, 6.45) is 0. The van der Waals surface area contributed by atoms with E-state index in [-0.39, 0.29) is 36.8 Å². The fourth-order valence-corrected chi connectivity index (χ4v) is 5.32. The van der Waals surface area contributed by atoms with Crippen LogP contribution in [0.1, 0.15) is 27.5 Å². The van der Waals surface area contributed by atoms with Crippen LogP contribution >= 0.6 is 24.8 Å². The first-order valence-electron chi connectivity index (χ1n) is 10.7. The highest BCUT2D eigenvalue weighted by atomic mass is 35.5. The van der Waals surface area contributed by atoms with Crippen molar-refractivity contribution in [2.24, 2.45) is 11.8 Å². The molecule has 2 aromatic rings. The van der Waals surface area contributed by atoms with Gasteiger partial charge in [0.05, 0.1) is 19.3 Å². The van der Waals surface area contributed by atoms with Gasteiger partial charge in [0.15, 0.2) is 0 Å². The quantitative estimate of drug-likeness (QED) is 0.753. The molecule has 0 radical (unpaired) electrons. The van der Waals surface area contributed by atoms with Crippen LogP contribution in [0.5, 0.6) is 0 Å². The minimum atomic E-state index is 0. The van der Waals surface area contributed by atoms with Gasteiger partial charge >= 0.3 is 0 Å². The Kier molecular flexibility index (Phi) is 7.87. The molecule has 3 fully saturated rings. The van der Waals surface area contributed by atoms with Gasteiger partial charge in [-0.3, -0.25) is 4.79 Å². The molecule has 3 saturated heterocycles. The zero-order valence-electron chi connectivity index (χ0n) is 17.8. The van der Waals surface area contributed by atoms with Crippen LogP contribution < -0.4 is 10.2 Å². The number of aryl methyl sites for hydroxylation is 1. The molecule has 0 bridgehead atoms. The molecule has 0 aliphatic carbocycles. The molecule has 3 aliphatic heterocycles. The van der Waals surface area contributed by atoms with Gasteiger partial charge in [-0.2, -0.15) is 0 Å². The average molecular weight is 464 g/mol. The summed E-state index contributed by atoms with van der Waals surface area (Å²) in [5.41, 5.74) is 4.43. The summed E-state index contributed by atoms with van der Waals surface area (Å²) in [5.74, 6) is 1.19. The van der Waals surface area contributed by atoms with E-state index in [1.807, 2.05) is 12.1 Å². The van der Waals surface area contributed by atoms with Crippen LogP contribution in [0.2, 0.25) is 0 Å². The topological polar surface area (TPSA) is 44.8 Å². The lowest BCUT2D eigenvalue weighted by atomic mass is 9.89. The number of fused-ring (bicyclic) bond motifs is 1. The van der Waals surface area contributed by atoms with E-state index in [2.05, 4.69) is 58.4 Å². The zero-order valence-corrected chi connectivity index (χ0v) is 19.5. The lowest BCUT2D eigenvalue weighted by molar-refractivity contribution is 0.0714. The minimum Gasteiger partial charge on any atom is -0.378 e. The average Bonchev–Trinajstić information content (AvgIpc) is 3.35. The molecule has 3 aliphatic rings. The van der Waals surface area contributed by atoms with Crippen molar-refractivity contribution in [3.63, 3.8) is 0 Å². The summed E-state index contributed by atoms with van der Waals surface area (Å²) in [6, 6.07) is 16.9. The third kappa shape index (κ3) is 4.56. The Morgan fingerprint density at radius 1 is 1.03 bits per heavy atom. The first-order valence-corrected chi connectivity index (χ1v) is 10.7. The van der Waals surface area contributed by atoms with E-state index in [1.54, 1.807) is 0 Å². The van der Waals surface area contributed by atoms with E-state index in [0.717, 1.165) is 57.1 Å². The molecule has 1 N–H and O–H groups in total. The van der Waals surface area contributed by atoms with Gasteiger partial charge in [-0.05, 0) is 42.2 Å². The molecule has 5 rings (SSSR count). The van der Waals surface area contributed by atoms with E-state index < -0.39 is 0 Å². The maximum Gasteiger partial charge on any atom is 0.254 e. The summed E-state index contributed by atoms with van der Waals surface area (Å²) >= 11 is 0. The third-order valence-electron chi connectivity index (χ3n) is 6.76. The Bertz CT molecular complexity index is 890. The smallest absolute Gasteiger partial charge is 0.254 e. The molecular weight excluding hydrogens is 433 g/mol. The number of halogens is 2. The number of rotatable bonds is 3. The number of anilines is 1. The number of nitrogens with one attached hydrogen (secondary N) is 1. The maximum atomic E-state index is 13.6. The van der Waals surface area contributed by atoms with Crippen LogP contribution in [-0.4, -0.2) is 56.7 Å². The fraction of sp³-hybridized carbons (Fsp3) is 0.458. The van der Waals surface area contributed by atoms with Crippen LogP contribution in [0, 0.1) is 18.8 Å². The van der Waals surface area contributed by atoms with Crippen molar-refractivity contribution in [2.45, 2.75) is 13.0 Å². The number of likely N-dealkylation sites (tertiary alicyclic amines) is 1. The molecule has 0 unspecified atom stereocenters. The number of carbonyl (C=O) groups is 1. The van der Waals surface area contributed by atoms with Gasteiger partial charge in [-0.25, -0.2) is 0 Å². The van der Waals surface area contributed by atoms with Gasteiger partial charge in [0, 0.05) is 49.9 Å². The van der Waals surface area contributed by atoms with E-state index >= 15 is 0 Å². The van der Waals surface area contributed by atoms with Crippen molar-refractivity contribution >= 4 is 36.4 Å². The van der Waals surface area contributed by atoms with Gasteiger partial charge in [0.1, 0.15) is 0 Å². The molecule has 0 saturated carbocycles. The highest BCUT2D eigenvalue weighted by Crippen LogP contribution is 2.43. The number of nitrogens with zero attached hydrogens (tertiary/aromatic N) is 2. The van der Waals surface area contributed by atoms with Gasteiger partial charge in [0.25, 0.3) is 5.91 Å². The zero-order chi connectivity index (χ0) is 19.8. The van der Waals surface area contributed by atoms with Gasteiger partial charge < -0.3 is 19.9 Å². The number of benzene rings is 2. The van der Waals surface area contributed by atoms with Crippen molar-refractivity contribution in [3.8, 4) is 0 Å². The number of ether oxygens (including phenoxy) is 1.